The highest BCUT2D eigenvalue weighted by Gasteiger charge is 2.35. The van der Waals surface area contributed by atoms with Gasteiger partial charge in [0, 0.05) is 26.1 Å². The number of halogens is 1. The highest BCUT2D eigenvalue weighted by molar-refractivity contribution is 5.78. The van der Waals surface area contributed by atoms with Gasteiger partial charge in [-0.25, -0.2) is 4.39 Å². The van der Waals surface area contributed by atoms with Crippen molar-refractivity contribution in [1.82, 2.24) is 15.0 Å². The molecule has 156 valence electrons. The van der Waals surface area contributed by atoms with E-state index in [0.717, 1.165) is 6.61 Å². The van der Waals surface area contributed by atoms with Crippen molar-refractivity contribution < 1.29 is 23.2 Å². The molecule has 0 bridgehead atoms. The van der Waals surface area contributed by atoms with Gasteiger partial charge in [-0.2, -0.15) is 4.98 Å². The van der Waals surface area contributed by atoms with Crippen molar-refractivity contribution in [2.75, 3.05) is 32.9 Å². The zero-order valence-corrected chi connectivity index (χ0v) is 16.4. The number of hydrogen-bond donors (Lipinski definition) is 0. The smallest absolute Gasteiger partial charge is 0.260 e. The van der Waals surface area contributed by atoms with Gasteiger partial charge in [-0.05, 0) is 43.0 Å². The third kappa shape index (κ3) is 5.32. The molecular weight excluding hydrogens is 377 g/mol. The Hall–Kier alpha value is -2.48. The summed E-state index contributed by atoms with van der Waals surface area (Å²) in [6, 6.07) is 5.59. The Kier molecular flexibility index (Phi) is 6.39. The van der Waals surface area contributed by atoms with Crippen molar-refractivity contribution in [3.05, 3.63) is 41.8 Å². The number of carbonyl (C=O) groups is 1. The first-order chi connectivity index (χ1) is 14.2. The molecule has 1 aliphatic carbocycles. The SMILES string of the molecule is O=C(COc1ccc(F)cc1)N1CC(c2nc(CCOCC3CCCC3)no2)C1. The van der Waals surface area contributed by atoms with Crippen LogP contribution in [0.25, 0.3) is 0 Å². The fourth-order valence-electron chi connectivity index (χ4n) is 3.73. The average Bonchev–Trinajstić information content (AvgIpc) is 3.36. The van der Waals surface area contributed by atoms with E-state index in [2.05, 4.69) is 10.1 Å². The molecule has 2 heterocycles. The summed E-state index contributed by atoms with van der Waals surface area (Å²) in [5.41, 5.74) is 0. The Balaban J connectivity index is 1.14. The second-order valence-electron chi connectivity index (χ2n) is 7.76. The molecule has 1 saturated carbocycles. The van der Waals surface area contributed by atoms with Crippen LogP contribution in [-0.2, 0) is 16.0 Å². The molecule has 2 aliphatic rings. The van der Waals surface area contributed by atoms with Gasteiger partial charge in [0.2, 0.25) is 5.89 Å². The molecule has 2 fully saturated rings. The van der Waals surface area contributed by atoms with Crippen molar-refractivity contribution in [3.8, 4) is 5.75 Å². The summed E-state index contributed by atoms with van der Waals surface area (Å²) in [5, 5.41) is 4.02. The largest absolute Gasteiger partial charge is 0.484 e. The molecule has 0 radical (unpaired) electrons. The minimum absolute atomic E-state index is 0.0606. The minimum atomic E-state index is -0.339. The first-order valence-electron chi connectivity index (χ1n) is 10.2. The van der Waals surface area contributed by atoms with Gasteiger partial charge < -0.3 is 18.9 Å². The topological polar surface area (TPSA) is 77.7 Å². The monoisotopic (exact) mass is 403 g/mol. The number of benzene rings is 1. The molecule has 1 aliphatic heterocycles. The zero-order chi connectivity index (χ0) is 20.1. The highest BCUT2D eigenvalue weighted by Crippen LogP contribution is 2.26. The van der Waals surface area contributed by atoms with E-state index in [0.29, 0.717) is 49.5 Å². The van der Waals surface area contributed by atoms with Crippen LogP contribution in [0.15, 0.2) is 28.8 Å². The van der Waals surface area contributed by atoms with E-state index in [4.69, 9.17) is 14.0 Å². The fraction of sp³-hybridized carbons (Fsp3) is 0.571. The Labute approximate surface area is 169 Å². The third-order valence-electron chi connectivity index (χ3n) is 5.54. The molecule has 1 aromatic carbocycles. The lowest BCUT2D eigenvalue weighted by Crippen LogP contribution is -2.50. The van der Waals surface area contributed by atoms with Crippen LogP contribution in [-0.4, -0.2) is 53.9 Å². The van der Waals surface area contributed by atoms with Gasteiger partial charge in [-0.3, -0.25) is 4.79 Å². The van der Waals surface area contributed by atoms with Gasteiger partial charge in [-0.15, -0.1) is 0 Å². The van der Waals surface area contributed by atoms with E-state index in [1.807, 2.05) is 0 Å². The summed E-state index contributed by atoms with van der Waals surface area (Å²) < 4.78 is 29.4. The van der Waals surface area contributed by atoms with Gasteiger partial charge in [0.05, 0.1) is 12.5 Å². The summed E-state index contributed by atoms with van der Waals surface area (Å²) in [6.07, 6.45) is 5.83. The molecule has 2 aromatic rings. The molecule has 0 N–H and O–H groups in total. The quantitative estimate of drug-likeness (QED) is 0.599. The van der Waals surface area contributed by atoms with Crippen LogP contribution in [0.4, 0.5) is 4.39 Å². The van der Waals surface area contributed by atoms with Crippen molar-refractivity contribution >= 4 is 5.91 Å². The van der Waals surface area contributed by atoms with Gasteiger partial charge in [0.15, 0.2) is 12.4 Å². The standard InChI is InChI=1S/C21H26FN3O4/c22-17-5-7-18(8-6-17)28-14-20(26)25-11-16(12-25)21-23-19(24-29-21)9-10-27-13-15-3-1-2-4-15/h5-8,15-16H,1-4,9-14H2. The first kappa shape index (κ1) is 19.8. The predicted molar refractivity (Wildman–Crippen MR) is 102 cm³/mol. The number of nitrogens with zero attached hydrogens (tertiary/aromatic N) is 3. The number of aromatic nitrogens is 2. The second-order valence-corrected chi connectivity index (χ2v) is 7.76. The molecule has 1 amide bonds. The van der Waals surface area contributed by atoms with Gasteiger partial charge in [0.1, 0.15) is 11.6 Å². The normalized spacial score (nSPS) is 17.5. The number of likely N-dealkylation sites (tertiary alicyclic amines) is 1. The Bertz CT molecular complexity index is 799. The molecule has 7 nitrogen and oxygen atoms in total. The Morgan fingerprint density at radius 3 is 2.72 bits per heavy atom. The van der Waals surface area contributed by atoms with E-state index in [-0.39, 0.29) is 24.2 Å². The van der Waals surface area contributed by atoms with Crippen LogP contribution < -0.4 is 4.74 Å². The van der Waals surface area contributed by atoms with Crippen LogP contribution in [0.2, 0.25) is 0 Å². The molecule has 4 rings (SSSR count). The van der Waals surface area contributed by atoms with Crippen molar-refractivity contribution in [2.45, 2.75) is 38.0 Å². The predicted octanol–water partition coefficient (Wildman–Crippen LogP) is 2.96. The molecule has 0 atom stereocenters. The number of carbonyl (C=O) groups excluding carboxylic acids is 1. The van der Waals surface area contributed by atoms with E-state index < -0.39 is 0 Å². The number of amides is 1. The fourth-order valence-corrected chi connectivity index (χ4v) is 3.73. The molecular formula is C21H26FN3O4. The molecule has 1 saturated heterocycles. The number of hydrogen-bond acceptors (Lipinski definition) is 6. The van der Waals surface area contributed by atoms with Crippen LogP contribution >= 0.6 is 0 Å². The maximum atomic E-state index is 12.9. The Morgan fingerprint density at radius 2 is 1.97 bits per heavy atom. The Morgan fingerprint density at radius 1 is 1.21 bits per heavy atom. The average molecular weight is 403 g/mol. The van der Waals surface area contributed by atoms with E-state index >= 15 is 0 Å². The first-order valence-corrected chi connectivity index (χ1v) is 10.2. The molecule has 1 aromatic heterocycles. The van der Waals surface area contributed by atoms with Crippen LogP contribution in [0.3, 0.4) is 0 Å². The summed E-state index contributed by atoms with van der Waals surface area (Å²) in [4.78, 5) is 18.3. The summed E-state index contributed by atoms with van der Waals surface area (Å²) in [6.45, 7) is 2.42. The minimum Gasteiger partial charge on any atom is -0.484 e. The van der Waals surface area contributed by atoms with Crippen molar-refractivity contribution in [1.29, 1.82) is 0 Å². The second kappa shape index (κ2) is 9.35. The molecule has 29 heavy (non-hydrogen) atoms. The van der Waals surface area contributed by atoms with Gasteiger partial charge in [0.25, 0.3) is 5.91 Å². The third-order valence-corrected chi connectivity index (χ3v) is 5.54. The molecule has 0 unspecified atom stereocenters. The van der Waals surface area contributed by atoms with Crippen molar-refractivity contribution in [3.63, 3.8) is 0 Å². The maximum absolute atomic E-state index is 12.9. The van der Waals surface area contributed by atoms with Crippen LogP contribution in [0.5, 0.6) is 5.75 Å². The van der Waals surface area contributed by atoms with E-state index in [1.54, 1.807) is 4.90 Å². The lowest BCUT2D eigenvalue weighted by Gasteiger charge is -2.36. The summed E-state index contributed by atoms with van der Waals surface area (Å²) in [5.74, 6) is 2.00. The van der Waals surface area contributed by atoms with Gasteiger partial charge >= 0.3 is 0 Å². The zero-order valence-electron chi connectivity index (χ0n) is 16.4. The number of rotatable bonds is 9. The highest BCUT2D eigenvalue weighted by atomic mass is 19.1. The molecule has 8 heteroatoms. The lowest BCUT2D eigenvalue weighted by atomic mass is 10.0. The van der Waals surface area contributed by atoms with Gasteiger partial charge in [-0.1, -0.05) is 18.0 Å². The maximum Gasteiger partial charge on any atom is 0.260 e. The summed E-state index contributed by atoms with van der Waals surface area (Å²) in [7, 11) is 0. The summed E-state index contributed by atoms with van der Waals surface area (Å²) >= 11 is 0. The van der Waals surface area contributed by atoms with E-state index in [9.17, 15) is 9.18 Å². The van der Waals surface area contributed by atoms with Crippen LogP contribution in [0, 0.1) is 11.7 Å². The van der Waals surface area contributed by atoms with E-state index in [1.165, 1.54) is 49.9 Å². The lowest BCUT2D eigenvalue weighted by molar-refractivity contribution is -0.138. The number of ether oxygens (including phenoxy) is 2. The van der Waals surface area contributed by atoms with Crippen LogP contribution in [0.1, 0.15) is 43.3 Å². The van der Waals surface area contributed by atoms with Crippen molar-refractivity contribution in [2.24, 2.45) is 5.92 Å². The molecule has 0 spiro atoms.